The van der Waals surface area contributed by atoms with Gasteiger partial charge in [-0.3, -0.25) is 14.9 Å². The summed E-state index contributed by atoms with van der Waals surface area (Å²) in [6, 6.07) is 13.0. The molecule has 2 aromatic carbocycles. The normalized spacial score (nSPS) is 10.0. The van der Waals surface area contributed by atoms with Crippen LogP contribution in [0.25, 0.3) is 0 Å². The molecule has 0 saturated heterocycles. The van der Waals surface area contributed by atoms with Crippen molar-refractivity contribution < 1.29 is 14.5 Å². The maximum atomic E-state index is 12.1. The van der Waals surface area contributed by atoms with Gasteiger partial charge in [0.2, 0.25) is 0 Å². The lowest BCUT2D eigenvalue weighted by atomic mass is 10.1. The van der Waals surface area contributed by atoms with Gasteiger partial charge in [0.25, 0.3) is 5.69 Å². The van der Waals surface area contributed by atoms with Gasteiger partial charge in [0.15, 0.2) is 5.78 Å². The van der Waals surface area contributed by atoms with Crippen LogP contribution in [0.1, 0.15) is 17.3 Å². The van der Waals surface area contributed by atoms with Crippen molar-refractivity contribution in [3.05, 3.63) is 64.2 Å². The lowest BCUT2D eigenvalue weighted by Gasteiger charge is -2.11. The zero-order valence-electron chi connectivity index (χ0n) is 12.1. The third-order valence-electron chi connectivity index (χ3n) is 3.01. The topological polar surface area (TPSA) is 81.5 Å². The maximum absolute atomic E-state index is 12.1. The summed E-state index contributed by atoms with van der Waals surface area (Å²) >= 11 is 0. The van der Waals surface area contributed by atoms with Gasteiger partial charge in [-0.15, -0.1) is 0 Å². The summed E-state index contributed by atoms with van der Waals surface area (Å²) in [6.45, 7) is 2.44. The first-order valence-corrected chi connectivity index (χ1v) is 6.85. The monoisotopic (exact) mass is 300 g/mol. The lowest BCUT2D eigenvalue weighted by Crippen LogP contribution is -2.14. The Balaban J connectivity index is 2.07. The predicted molar refractivity (Wildman–Crippen MR) is 83.5 cm³/mol. The molecule has 2 rings (SSSR count). The number of anilines is 1. The Morgan fingerprint density at radius 2 is 2.00 bits per heavy atom. The Hall–Kier alpha value is -2.89. The SMILES string of the molecule is CCOc1ccccc1NCC(=O)c1cccc([N+](=O)[O-])c1. The molecule has 0 radical (unpaired) electrons. The number of benzene rings is 2. The number of nitrogens with zero attached hydrogens (tertiary/aromatic N) is 1. The number of carbonyl (C=O) groups excluding carboxylic acids is 1. The number of para-hydroxylation sites is 2. The minimum Gasteiger partial charge on any atom is -0.492 e. The van der Waals surface area contributed by atoms with Gasteiger partial charge in [0, 0.05) is 17.7 Å². The van der Waals surface area contributed by atoms with Crippen LogP contribution in [0.2, 0.25) is 0 Å². The van der Waals surface area contributed by atoms with E-state index in [0.29, 0.717) is 23.6 Å². The highest BCUT2D eigenvalue weighted by molar-refractivity contribution is 5.99. The fourth-order valence-corrected chi connectivity index (χ4v) is 1.96. The molecule has 0 aliphatic heterocycles. The van der Waals surface area contributed by atoms with Crippen LogP contribution in [0.5, 0.6) is 5.75 Å². The number of Topliss-reactive ketones (excluding diaryl/α,β-unsaturated/α-hetero) is 1. The number of carbonyl (C=O) groups is 1. The number of nitrogens with one attached hydrogen (secondary N) is 1. The van der Waals surface area contributed by atoms with Crippen LogP contribution in [0.15, 0.2) is 48.5 Å². The van der Waals surface area contributed by atoms with E-state index in [1.807, 2.05) is 31.2 Å². The molecule has 1 N–H and O–H groups in total. The van der Waals surface area contributed by atoms with Crippen LogP contribution in [-0.4, -0.2) is 23.9 Å². The fourth-order valence-electron chi connectivity index (χ4n) is 1.96. The third kappa shape index (κ3) is 3.82. The number of ketones is 1. The number of nitro groups is 1. The van der Waals surface area contributed by atoms with Crippen LogP contribution in [0.3, 0.4) is 0 Å². The quantitative estimate of drug-likeness (QED) is 0.482. The second kappa shape index (κ2) is 7.21. The minimum absolute atomic E-state index is 0.0330. The van der Waals surface area contributed by atoms with Crippen LogP contribution in [0.4, 0.5) is 11.4 Å². The molecule has 0 aromatic heterocycles. The van der Waals surface area contributed by atoms with Crippen LogP contribution in [0, 0.1) is 10.1 Å². The highest BCUT2D eigenvalue weighted by Gasteiger charge is 2.12. The van der Waals surface area contributed by atoms with Crippen molar-refractivity contribution >= 4 is 17.2 Å². The van der Waals surface area contributed by atoms with Crippen LogP contribution >= 0.6 is 0 Å². The second-order valence-corrected chi connectivity index (χ2v) is 4.51. The predicted octanol–water partition coefficient (Wildman–Crippen LogP) is 3.29. The number of rotatable bonds is 7. The van der Waals surface area contributed by atoms with Crippen molar-refractivity contribution in [2.24, 2.45) is 0 Å². The first-order chi connectivity index (χ1) is 10.6. The highest BCUT2D eigenvalue weighted by atomic mass is 16.6. The van der Waals surface area contributed by atoms with Crippen LogP contribution < -0.4 is 10.1 Å². The summed E-state index contributed by atoms with van der Waals surface area (Å²) in [6.07, 6.45) is 0. The van der Waals surface area contributed by atoms with E-state index in [1.165, 1.54) is 18.2 Å². The fraction of sp³-hybridized carbons (Fsp3) is 0.188. The van der Waals surface area contributed by atoms with Gasteiger partial charge >= 0.3 is 0 Å². The molecule has 0 heterocycles. The van der Waals surface area contributed by atoms with Gasteiger partial charge in [0.05, 0.1) is 23.8 Å². The Labute approximate surface area is 127 Å². The Morgan fingerprint density at radius 1 is 1.23 bits per heavy atom. The molecule has 0 unspecified atom stereocenters. The van der Waals surface area contributed by atoms with Crippen molar-refractivity contribution in [1.82, 2.24) is 0 Å². The van der Waals surface area contributed by atoms with Crippen molar-refractivity contribution in [1.29, 1.82) is 0 Å². The lowest BCUT2D eigenvalue weighted by molar-refractivity contribution is -0.384. The summed E-state index contributed by atoms with van der Waals surface area (Å²) in [5.74, 6) is 0.437. The van der Waals surface area contributed by atoms with Gasteiger partial charge in [-0.1, -0.05) is 24.3 Å². The van der Waals surface area contributed by atoms with E-state index in [2.05, 4.69) is 5.32 Å². The molecule has 0 amide bonds. The number of hydrogen-bond acceptors (Lipinski definition) is 5. The molecular formula is C16H16N2O4. The van der Waals surface area contributed by atoms with Crippen molar-refractivity contribution in [2.45, 2.75) is 6.92 Å². The summed E-state index contributed by atoms with van der Waals surface area (Å²) in [4.78, 5) is 22.4. The molecule has 2 aromatic rings. The Morgan fingerprint density at radius 3 is 2.73 bits per heavy atom. The third-order valence-corrected chi connectivity index (χ3v) is 3.01. The van der Waals surface area contributed by atoms with E-state index in [-0.39, 0.29) is 18.0 Å². The highest BCUT2D eigenvalue weighted by Crippen LogP contribution is 2.23. The zero-order chi connectivity index (χ0) is 15.9. The molecule has 0 aliphatic rings. The van der Waals surface area contributed by atoms with Crippen molar-refractivity contribution in [3.63, 3.8) is 0 Å². The molecule has 6 heteroatoms. The van der Waals surface area contributed by atoms with Crippen molar-refractivity contribution in [3.8, 4) is 5.75 Å². The standard InChI is InChI=1S/C16H16N2O4/c1-2-22-16-9-4-3-8-14(16)17-11-15(19)12-6-5-7-13(10-12)18(20)21/h3-10,17H,2,11H2,1H3. The molecule has 0 spiro atoms. The van der Waals surface area contributed by atoms with Gasteiger partial charge in [0.1, 0.15) is 5.75 Å². The molecule has 0 aliphatic carbocycles. The first kappa shape index (κ1) is 15.5. The average Bonchev–Trinajstić information content (AvgIpc) is 2.54. The van der Waals surface area contributed by atoms with E-state index >= 15 is 0 Å². The molecule has 22 heavy (non-hydrogen) atoms. The zero-order valence-corrected chi connectivity index (χ0v) is 12.1. The molecule has 0 atom stereocenters. The largest absolute Gasteiger partial charge is 0.492 e. The van der Waals surface area contributed by atoms with Gasteiger partial charge < -0.3 is 10.1 Å². The van der Waals surface area contributed by atoms with Gasteiger partial charge in [-0.25, -0.2) is 0 Å². The number of non-ortho nitro benzene ring substituents is 1. The number of hydrogen-bond donors (Lipinski definition) is 1. The molecule has 0 bridgehead atoms. The Bertz CT molecular complexity index is 685. The summed E-state index contributed by atoms with van der Waals surface area (Å²) in [5, 5.41) is 13.7. The molecule has 6 nitrogen and oxygen atoms in total. The van der Waals surface area contributed by atoms with Crippen molar-refractivity contribution in [2.75, 3.05) is 18.5 Å². The summed E-state index contributed by atoms with van der Waals surface area (Å²) < 4.78 is 5.46. The van der Waals surface area contributed by atoms with E-state index in [9.17, 15) is 14.9 Å². The second-order valence-electron chi connectivity index (χ2n) is 4.51. The number of ether oxygens (including phenoxy) is 1. The van der Waals surface area contributed by atoms with E-state index in [0.717, 1.165) is 0 Å². The summed E-state index contributed by atoms with van der Waals surface area (Å²) in [7, 11) is 0. The molecule has 114 valence electrons. The summed E-state index contributed by atoms with van der Waals surface area (Å²) in [5.41, 5.74) is 0.916. The molecular weight excluding hydrogens is 284 g/mol. The first-order valence-electron chi connectivity index (χ1n) is 6.85. The van der Waals surface area contributed by atoms with Crippen LogP contribution in [-0.2, 0) is 0 Å². The maximum Gasteiger partial charge on any atom is 0.270 e. The number of nitro benzene ring substituents is 1. The van der Waals surface area contributed by atoms with Gasteiger partial charge in [-0.2, -0.15) is 0 Å². The average molecular weight is 300 g/mol. The van der Waals surface area contributed by atoms with E-state index in [4.69, 9.17) is 4.74 Å². The molecule has 0 fully saturated rings. The van der Waals surface area contributed by atoms with Gasteiger partial charge in [-0.05, 0) is 19.1 Å². The van der Waals surface area contributed by atoms with E-state index < -0.39 is 4.92 Å². The smallest absolute Gasteiger partial charge is 0.270 e. The van der Waals surface area contributed by atoms with E-state index in [1.54, 1.807) is 6.07 Å². The Kier molecular flexibility index (Phi) is 5.08. The minimum atomic E-state index is -0.519. The molecule has 0 saturated carbocycles.